The maximum absolute atomic E-state index is 4.38. The van der Waals surface area contributed by atoms with Crippen molar-refractivity contribution in [3.8, 4) is 0 Å². The SMILES string of the molecule is CN(CCC(C)(C)c1nn[nH]n1)Cc1ccn(C)n1. The van der Waals surface area contributed by atoms with E-state index in [0.29, 0.717) is 0 Å². The van der Waals surface area contributed by atoms with Crippen LogP contribution >= 0.6 is 0 Å². The Bertz CT molecular complexity index is 500. The molecule has 7 heteroatoms. The minimum atomic E-state index is -0.0780. The fourth-order valence-corrected chi connectivity index (χ4v) is 1.93. The largest absolute Gasteiger partial charge is 0.300 e. The van der Waals surface area contributed by atoms with Crippen LogP contribution in [0.4, 0.5) is 0 Å². The zero-order valence-corrected chi connectivity index (χ0v) is 12.0. The molecule has 0 aliphatic heterocycles. The van der Waals surface area contributed by atoms with Crippen LogP contribution in [0.15, 0.2) is 12.3 Å². The second-order valence-corrected chi connectivity index (χ2v) is 5.59. The van der Waals surface area contributed by atoms with Gasteiger partial charge in [0.1, 0.15) is 0 Å². The summed E-state index contributed by atoms with van der Waals surface area (Å²) < 4.78 is 1.83. The first-order valence-electron chi connectivity index (χ1n) is 6.38. The Kier molecular flexibility index (Phi) is 3.94. The predicted octanol–water partition coefficient (Wildman–Crippen LogP) is 0.733. The Morgan fingerprint density at radius 1 is 1.42 bits per heavy atom. The number of aryl methyl sites for hydroxylation is 1. The van der Waals surface area contributed by atoms with Crippen molar-refractivity contribution in [3.63, 3.8) is 0 Å². The lowest BCUT2D eigenvalue weighted by Gasteiger charge is -2.24. The van der Waals surface area contributed by atoms with E-state index in [-0.39, 0.29) is 5.41 Å². The number of tetrazole rings is 1. The van der Waals surface area contributed by atoms with Crippen LogP contribution in [0.3, 0.4) is 0 Å². The second kappa shape index (κ2) is 5.48. The van der Waals surface area contributed by atoms with Gasteiger partial charge in [0.25, 0.3) is 0 Å². The van der Waals surface area contributed by atoms with Crippen molar-refractivity contribution < 1.29 is 0 Å². The molecule has 0 bridgehead atoms. The Balaban J connectivity index is 1.85. The third kappa shape index (κ3) is 3.60. The highest BCUT2D eigenvalue weighted by Gasteiger charge is 2.25. The summed E-state index contributed by atoms with van der Waals surface area (Å²) in [6.07, 6.45) is 2.93. The molecule has 0 saturated heterocycles. The number of aromatic amines is 1. The van der Waals surface area contributed by atoms with E-state index < -0.39 is 0 Å². The molecule has 0 aliphatic rings. The number of nitrogens with one attached hydrogen (secondary N) is 1. The monoisotopic (exact) mass is 263 g/mol. The van der Waals surface area contributed by atoms with E-state index in [1.807, 2.05) is 24.0 Å². The number of nitrogens with zero attached hydrogens (tertiary/aromatic N) is 6. The molecule has 0 atom stereocenters. The summed E-state index contributed by atoms with van der Waals surface area (Å²) in [5.74, 6) is 0.763. The maximum Gasteiger partial charge on any atom is 0.180 e. The lowest BCUT2D eigenvalue weighted by atomic mass is 9.88. The topological polar surface area (TPSA) is 75.5 Å². The molecule has 7 nitrogen and oxygen atoms in total. The van der Waals surface area contributed by atoms with Gasteiger partial charge < -0.3 is 4.90 Å². The first-order valence-corrected chi connectivity index (χ1v) is 6.38. The van der Waals surface area contributed by atoms with Gasteiger partial charge in [0.2, 0.25) is 0 Å². The van der Waals surface area contributed by atoms with Crippen LogP contribution in [0.5, 0.6) is 0 Å². The molecule has 1 N–H and O–H groups in total. The highest BCUT2D eigenvalue weighted by molar-refractivity contribution is 5.01. The van der Waals surface area contributed by atoms with Gasteiger partial charge in [-0.2, -0.15) is 10.3 Å². The molecule has 0 amide bonds. The molecule has 19 heavy (non-hydrogen) atoms. The van der Waals surface area contributed by atoms with E-state index in [4.69, 9.17) is 0 Å². The zero-order chi connectivity index (χ0) is 13.9. The summed E-state index contributed by atoms with van der Waals surface area (Å²) in [6.45, 7) is 6.07. The summed E-state index contributed by atoms with van der Waals surface area (Å²) in [5, 5.41) is 18.7. The van der Waals surface area contributed by atoms with Crippen LogP contribution in [0.25, 0.3) is 0 Å². The third-order valence-corrected chi connectivity index (χ3v) is 3.27. The van der Waals surface area contributed by atoms with E-state index in [1.54, 1.807) is 0 Å². The van der Waals surface area contributed by atoms with Gasteiger partial charge in [-0.15, -0.1) is 10.2 Å². The molecule has 0 spiro atoms. The molecule has 2 rings (SSSR count). The number of H-pyrrole nitrogens is 1. The van der Waals surface area contributed by atoms with Crippen molar-refractivity contribution in [2.45, 2.75) is 32.2 Å². The smallest absolute Gasteiger partial charge is 0.180 e. The van der Waals surface area contributed by atoms with Gasteiger partial charge in [-0.05, 0) is 26.1 Å². The average Bonchev–Trinajstić information content (AvgIpc) is 2.98. The summed E-state index contributed by atoms with van der Waals surface area (Å²) in [7, 11) is 4.03. The molecule has 0 unspecified atom stereocenters. The molecule has 2 aromatic rings. The Morgan fingerprint density at radius 3 is 2.79 bits per heavy atom. The highest BCUT2D eigenvalue weighted by atomic mass is 15.5. The average molecular weight is 263 g/mol. The normalized spacial score (nSPS) is 12.3. The molecular formula is C12H21N7. The quantitative estimate of drug-likeness (QED) is 0.831. The fourth-order valence-electron chi connectivity index (χ4n) is 1.93. The molecule has 0 aromatic carbocycles. The van der Waals surface area contributed by atoms with Crippen LogP contribution in [-0.4, -0.2) is 48.9 Å². The Morgan fingerprint density at radius 2 is 2.21 bits per heavy atom. The number of aromatic nitrogens is 6. The van der Waals surface area contributed by atoms with Gasteiger partial charge in [-0.25, -0.2) is 0 Å². The Labute approximate surface area is 113 Å². The molecule has 0 aliphatic carbocycles. The molecular weight excluding hydrogens is 242 g/mol. The van der Waals surface area contributed by atoms with E-state index in [0.717, 1.165) is 31.0 Å². The van der Waals surface area contributed by atoms with Gasteiger partial charge in [-0.3, -0.25) is 4.68 Å². The van der Waals surface area contributed by atoms with Crippen molar-refractivity contribution in [2.75, 3.05) is 13.6 Å². The summed E-state index contributed by atoms with van der Waals surface area (Å²) in [5.41, 5.74) is 1.01. The van der Waals surface area contributed by atoms with Crippen molar-refractivity contribution in [2.24, 2.45) is 7.05 Å². The molecule has 104 valence electrons. The van der Waals surface area contributed by atoms with Gasteiger partial charge in [0, 0.05) is 25.2 Å². The number of hydrogen-bond donors (Lipinski definition) is 1. The summed E-state index contributed by atoms with van der Waals surface area (Å²) >= 11 is 0. The van der Waals surface area contributed by atoms with Gasteiger partial charge in [-0.1, -0.05) is 19.1 Å². The third-order valence-electron chi connectivity index (χ3n) is 3.27. The van der Waals surface area contributed by atoms with Crippen molar-refractivity contribution in [1.82, 2.24) is 35.3 Å². The minimum absolute atomic E-state index is 0.0780. The molecule has 0 saturated carbocycles. The van der Waals surface area contributed by atoms with Gasteiger partial charge in [0.15, 0.2) is 5.82 Å². The number of hydrogen-bond acceptors (Lipinski definition) is 5. The molecule has 0 radical (unpaired) electrons. The van der Waals surface area contributed by atoms with Crippen LogP contribution in [0.2, 0.25) is 0 Å². The standard InChI is InChI=1S/C12H21N7/c1-12(2,11-13-16-17-14-11)6-8-18(3)9-10-5-7-19(4)15-10/h5,7H,6,8-9H2,1-4H3,(H,13,14,16,17). The van der Waals surface area contributed by atoms with Crippen molar-refractivity contribution in [3.05, 3.63) is 23.8 Å². The lowest BCUT2D eigenvalue weighted by Crippen LogP contribution is -2.28. The highest BCUT2D eigenvalue weighted by Crippen LogP contribution is 2.23. The molecule has 2 aromatic heterocycles. The first kappa shape index (κ1) is 13.7. The van der Waals surface area contributed by atoms with Crippen LogP contribution in [0, 0.1) is 0 Å². The maximum atomic E-state index is 4.38. The van der Waals surface area contributed by atoms with E-state index in [9.17, 15) is 0 Å². The lowest BCUT2D eigenvalue weighted by molar-refractivity contribution is 0.280. The first-order chi connectivity index (χ1) is 8.97. The second-order valence-electron chi connectivity index (χ2n) is 5.59. The van der Waals surface area contributed by atoms with Gasteiger partial charge in [0.05, 0.1) is 5.69 Å². The van der Waals surface area contributed by atoms with E-state index in [2.05, 4.69) is 51.5 Å². The molecule has 0 fully saturated rings. The van der Waals surface area contributed by atoms with Crippen molar-refractivity contribution >= 4 is 0 Å². The van der Waals surface area contributed by atoms with Crippen LogP contribution in [-0.2, 0) is 19.0 Å². The van der Waals surface area contributed by atoms with E-state index in [1.165, 1.54) is 0 Å². The van der Waals surface area contributed by atoms with Gasteiger partial charge >= 0.3 is 0 Å². The Hall–Kier alpha value is -1.76. The fraction of sp³-hybridized carbons (Fsp3) is 0.667. The minimum Gasteiger partial charge on any atom is -0.300 e. The van der Waals surface area contributed by atoms with E-state index >= 15 is 0 Å². The summed E-state index contributed by atoms with van der Waals surface area (Å²) in [6, 6.07) is 2.04. The van der Waals surface area contributed by atoms with Crippen LogP contribution in [0.1, 0.15) is 31.8 Å². The predicted molar refractivity (Wildman–Crippen MR) is 71.4 cm³/mol. The zero-order valence-electron chi connectivity index (χ0n) is 12.0. The summed E-state index contributed by atoms with van der Waals surface area (Å²) in [4.78, 5) is 2.25. The van der Waals surface area contributed by atoms with Crippen LogP contribution < -0.4 is 0 Å². The van der Waals surface area contributed by atoms with Crippen molar-refractivity contribution in [1.29, 1.82) is 0 Å². The molecule has 2 heterocycles. The number of rotatable bonds is 6.